The van der Waals surface area contributed by atoms with Gasteiger partial charge in [0.15, 0.2) is 0 Å². The Morgan fingerprint density at radius 2 is 2.12 bits per heavy atom. The minimum atomic E-state index is -0.0570. The quantitative estimate of drug-likeness (QED) is 0.722. The van der Waals surface area contributed by atoms with E-state index in [-0.39, 0.29) is 12.5 Å². The highest BCUT2D eigenvalue weighted by atomic mass is 32.1. The fourth-order valence-corrected chi connectivity index (χ4v) is 3.24. The maximum Gasteiger partial charge on any atom is 0.239 e. The molecule has 5 nitrogen and oxygen atoms in total. The number of ether oxygens (including phenoxy) is 1. The highest BCUT2D eigenvalue weighted by Gasteiger charge is 2.05. The largest absolute Gasteiger partial charge is 0.497 e. The molecule has 24 heavy (non-hydrogen) atoms. The third-order valence-corrected chi connectivity index (χ3v) is 4.51. The first-order chi connectivity index (χ1) is 11.6. The number of nitrogens with one attached hydrogen (secondary N) is 2. The summed E-state index contributed by atoms with van der Waals surface area (Å²) in [6, 6.07) is 13.6. The van der Waals surface area contributed by atoms with Gasteiger partial charge in [0.2, 0.25) is 5.91 Å². The van der Waals surface area contributed by atoms with Crippen molar-refractivity contribution < 1.29 is 9.53 Å². The molecule has 2 aromatic carbocycles. The monoisotopic (exact) mass is 341 g/mol. The number of hydrogen-bond acceptors (Lipinski definition) is 5. The van der Waals surface area contributed by atoms with Gasteiger partial charge in [0, 0.05) is 12.2 Å². The van der Waals surface area contributed by atoms with Crippen LogP contribution in [0.1, 0.15) is 10.6 Å². The highest BCUT2D eigenvalue weighted by Crippen LogP contribution is 2.24. The molecule has 0 spiro atoms. The number of amides is 1. The number of nitrogens with zero attached hydrogens (tertiary/aromatic N) is 1. The summed E-state index contributed by atoms with van der Waals surface area (Å²) in [4.78, 5) is 16.4. The van der Waals surface area contributed by atoms with Crippen molar-refractivity contribution >= 4 is 33.1 Å². The Hall–Kier alpha value is -2.60. The van der Waals surface area contributed by atoms with E-state index in [2.05, 4.69) is 15.6 Å². The SMILES string of the molecule is COc1cccc(CNC(=O)CNc2ccc3nc(C)sc3c2)c1. The molecule has 0 aliphatic carbocycles. The second-order valence-electron chi connectivity index (χ2n) is 5.40. The van der Waals surface area contributed by atoms with Crippen LogP contribution >= 0.6 is 11.3 Å². The third kappa shape index (κ3) is 4.02. The summed E-state index contributed by atoms with van der Waals surface area (Å²) in [6.07, 6.45) is 0. The number of benzene rings is 2. The van der Waals surface area contributed by atoms with Crippen molar-refractivity contribution in [1.82, 2.24) is 10.3 Å². The zero-order chi connectivity index (χ0) is 16.9. The van der Waals surface area contributed by atoms with Crippen molar-refractivity contribution in [2.24, 2.45) is 0 Å². The van der Waals surface area contributed by atoms with E-state index in [9.17, 15) is 4.79 Å². The lowest BCUT2D eigenvalue weighted by Gasteiger charge is -2.09. The van der Waals surface area contributed by atoms with Crippen LogP contribution in [-0.4, -0.2) is 24.5 Å². The highest BCUT2D eigenvalue weighted by molar-refractivity contribution is 7.18. The molecule has 0 aliphatic heterocycles. The first kappa shape index (κ1) is 16.3. The summed E-state index contributed by atoms with van der Waals surface area (Å²) in [5.74, 6) is 0.728. The topological polar surface area (TPSA) is 63.2 Å². The number of anilines is 1. The molecule has 0 saturated heterocycles. The molecule has 2 N–H and O–H groups in total. The standard InChI is InChI=1S/C18H19N3O2S/c1-12-21-16-7-6-14(9-17(16)24-12)19-11-18(22)20-10-13-4-3-5-15(8-13)23-2/h3-9,19H,10-11H2,1-2H3,(H,20,22). The van der Waals surface area contributed by atoms with Crippen LogP contribution in [0, 0.1) is 6.92 Å². The van der Waals surface area contributed by atoms with Crippen molar-refractivity contribution in [1.29, 1.82) is 0 Å². The van der Waals surface area contributed by atoms with Crippen LogP contribution in [0.5, 0.6) is 5.75 Å². The second kappa shape index (κ2) is 7.31. The molecule has 0 bridgehead atoms. The van der Waals surface area contributed by atoms with Gasteiger partial charge in [0.1, 0.15) is 5.75 Å². The number of aromatic nitrogens is 1. The first-order valence-electron chi connectivity index (χ1n) is 7.65. The third-order valence-electron chi connectivity index (χ3n) is 3.57. The van der Waals surface area contributed by atoms with Crippen LogP contribution in [0.2, 0.25) is 0 Å². The van der Waals surface area contributed by atoms with E-state index in [1.54, 1.807) is 18.4 Å². The minimum absolute atomic E-state index is 0.0570. The van der Waals surface area contributed by atoms with Gasteiger partial charge in [-0.3, -0.25) is 4.79 Å². The number of fused-ring (bicyclic) bond motifs is 1. The van der Waals surface area contributed by atoms with E-state index in [0.29, 0.717) is 6.54 Å². The summed E-state index contributed by atoms with van der Waals surface area (Å²) < 4.78 is 6.29. The molecule has 3 aromatic rings. The molecule has 6 heteroatoms. The number of methoxy groups -OCH3 is 1. The van der Waals surface area contributed by atoms with Gasteiger partial charge < -0.3 is 15.4 Å². The van der Waals surface area contributed by atoms with Gasteiger partial charge >= 0.3 is 0 Å². The fourth-order valence-electron chi connectivity index (χ4n) is 2.38. The maximum absolute atomic E-state index is 12.0. The smallest absolute Gasteiger partial charge is 0.239 e. The Kier molecular flexibility index (Phi) is 4.96. The molecule has 3 rings (SSSR count). The Morgan fingerprint density at radius 3 is 2.96 bits per heavy atom. The van der Waals surface area contributed by atoms with Crippen LogP contribution in [0.25, 0.3) is 10.2 Å². The molecule has 0 radical (unpaired) electrons. The maximum atomic E-state index is 12.0. The van der Waals surface area contributed by atoms with E-state index < -0.39 is 0 Å². The predicted octanol–water partition coefficient (Wildman–Crippen LogP) is 3.34. The number of aryl methyl sites for hydroxylation is 1. The molecule has 1 amide bonds. The molecule has 0 saturated carbocycles. The van der Waals surface area contributed by atoms with E-state index in [1.165, 1.54) is 0 Å². The predicted molar refractivity (Wildman–Crippen MR) is 97.7 cm³/mol. The fraction of sp³-hybridized carbons (Fsp3) is 0.222. The van der Waals surface area contributed by atoms with Crippen molar-refractivity contribution in [3.8, 4) is 5.75 Å². The van der Waals surface area contributed by atoms with E-state index >= 15 is 0 Å². The average molecular weight is 341 g/mol. The Labute approximate surface area is 144 Å². The van der Waals surface area contributed by atoms with Crippen LogP contribution in [0.3, 0.4) is 0 Å². The lowest BCUT2D eigenvalue weighted by Crippen LogP contribution is -2.29. The summed E-state index contributed by atoms with van der Waals surface area (Å²) in [5.41, 5.74) is 2.91. The van der Waals surface area contributed by atoms with Gasteiger partial charge in [-0.25, -0.2) is 4.98 Å². The summed E-state index contributed by atoms with van der Waals surface area (Å²) in [6.45, 7) is 2.70. The van der Waals surface area contributed by atoms with Gasteiger partial charge in [-0.05, 0) is 42.8 Å². The lowest BCUT2D eigenvalue weighted by atomic mass is 10.2. The zero-order valence-electron chi connectivity index (χ0n) is 13.6. The molecular formula is C18H19N3O2S. The molecular weight excluding hydrogens is 322 g/mol. The minimum Gasteiger partial charge on any atom is -0.497 e. The van der Waals surface area contributed by atoms with Gasteiger partial charge in [-0.1, -0.05) is 12.1 Å². The Bertz CT molecular complexity index is 860. The molecule has 0 aliphatic rings. The van der Waals surface area contributed by atoms with Crippen molar-refractivity contribution in [2.45, 2.75) is 13.5 Å². The van der Waals surface area contributed by atoms with Crippen molar-refractivity contribution in [3.05, 3.63) is 53.0 Å². The normalized spacial score (nSPS) is 10.6. The summed E-state index contributed by atoms with van der Waals surface area (Å²) in [5, 5.41) is 7.08. The van der Waals surface area contributed by atoms with Crippen LogP contribution < -0.4 is 15.4 Å². The first-order valence-corrected chi connectivity index (χ1v) is 8.46. The van der Waals surface area contributed by atoms with E-state index in [1.807, 2.05) is 49.4 Å². The number of rotatable bonds is 6. The molecule has 1 heterocycles. The molecule has 124 valence electrons. The average Bonchev–Trinajstić information content (AvgIpc) is 2.97. The van der Waals surface area contributed by atoms with E-state index in [4.69, 9.17) is 4.74 Å². The molecule has 1 aromatic heterocycles. The Balaban J connectivity index is 1.52. The molecule has 0 fully saturated rings. The van der Waals surface area contributed by atoms with Crippen molar-refractivity contribution in [2.75, 3.05) is 19.0 Å². The lowest BCUT2D eigenvalue weighted by molar-refractivity contribution is -0.119. The van der Waals surface area contributed by atoms with Gasteiger partial charge in [-0.2, -0.15) is 0 Å². The summed E-state index contributed by atoms with van der Waals surface area (Å²) >= 11 is 1.65. The molecule has 0 unspecified atom stereocenters. The zero-order valence-corrected chi connectivity index (χ0v) is 14.4. The number of thiazole rings is 1. The van der Waals surface area contributed by atoms with Crippen LogP contribution in [0.4, 0.5) is 5.69 Å². The van der Waals surface area contributed by atoms with Crippen LogP contribution in [0.15, 0.2) is 42.5 Å². The summed E-state index contributed by atoms with van der Waals surface area (Å²) in [7, 11) is 1.63. The van der Waals surface area contributed by atoms with Crippen LogP contribution in [-0.2, 0) is 11.3 Å². The van der Waals surface area contributed by atoms with Gasteiger partial charge in [-0.15, -0.1) is 11.3 Å². The second-order valence-corrected chi connectivity index (χ2v) is 6.63. The van der Waals surface area contributed by atoms with Gasteiger partial charge in [0.05, 0.1) is 28.9 Å². The number of hydrogen-bond donors (Lipinski definition) is 2. The van der Waals surface area contributed by atoms with E-state index in [0.717, 1.165) is 32.2 Å². The number of carbonyl (C=O) groups excluding carboxylic acids is 1. The molecule has 0 atom stereocenters. The number of carbonyl (C=O) groups is 1. The van der Waals surface area contributed by atoms with Gasteiger partial charge in [0.25, 0.3) is 0 Å². The Morgan fingerprint density at radius 1 is 1.25 bits per heavy atom. The van der Waals surface area contributed by atoms with Crippen molar-refractivity contribution in [3.63, 3.8) is 0 Å².